The average molecular weight is 335 g/mol. The molecule has 1 heterocycles. The molecule has 0 aliphatic carbocycles. The Kier molecular flexibility index (Phi) is 7.34. The molecule has 1 saturated heterocycles. The fourth-order valence-corrected chi connectivity index (χ4v) is 3.22. The van der Waals surface area contributed by atoms with Crippen LogP contribution in [0.5, 0.6) is 5.75 Å². The Hall–Kier alpha value is -1.30. The molecule has 0 saturated carbocycles. The molecule has 5 heteroatoms. The summed E-state index contributed by atoms with van der Waals surface area (Å²) < 4.78 is 5.65. The molecule has 136 valence electrons. The Morgan fingerprint density at radius 3 is 2.46 bits per heavy atom. The Balaban J connectivity index is 1.77. The molecule has 1 aromatic carbocycles. The van der Waals surface area contributed by atoms with Crippen LogP contribution in [-0.2, 0) is 0 Å². The molecule has 2 unspecified atom stereocenters. The van der Waals surface area contributed by atoms with E-state index in [1.54, 1.807) is 0 Å². The zero-order chi connectivity index (χ0) is 17.5. The van der Waals surface area contributed by atoms with Crippen LogP contribution in [0.4, 0.5) is 5.69 Å². The Morgan fingerprint density at radius 1 is 1.25 bits per heavy atom. The van der Waals surface area contributed by atoms with Gasteiger partial charge in [0.15, 0.2) is 0 Å². The quantitative estimate of drug-likeness (QED) is 0.762. The number of ether oxygens (including phenoxy) is 1. The van der Waals surface area contributed by atoms with Crippen molar-refractivity contribution >= 4 is 5.69 Å². The number of likely N-dealkylation sites (tertiary alicyclic amines) is 1. The van der Waals surface area contributed by atoms with Gasteiger partial charge in [-0.3, -0.25) is 0 Å². The lowest BCUT2D eigenvalue weighted by atomic mass is 9.90. The third-order valence-electron chi connectivity index (χ3n) is 4.74. The molecule has 24 heavy (non-hydrogen) atoms. The maximum absolute atomic E-state index is 9.83. The molecular formula is C19H33N3O2. The van der Waals surface area contributed by atoms with E-state index in [0.717, 1.165) is 17.4 Å². The van der Waals surface area contributed by atoms with Gasteiger partial charge in [0.05, 0.1) is 0 Å². The second kappa shape index (κ2) is 9.25. The van der Waals surface area contributed by atoms with E-state index in [1.165, 1.54) is 25.9 Å². The van der Waals surface area contributed by atoms with Crippen LogP contribution in [0.15, 0.2) is 24.3 Å². The fraction of sp³-hybridized carbons (Fsp3) is 0.684. The van der Waals surface area contributed by atoms with Gasteiger partial charge in [0.25, 0.3) is 0 Å². The van der Waals surface area contributed by atoms with E-state index in [9.17, 15) is 5.11 Å². The molecule has 2 atom stereocenters. The molecule has 1 aromatic rings. The monoisotopic (exact) mass is 335 g/mol. The van der Waals surface area contributed by atoms with Gasteiger partial charge in [0, 0.05) is 18.3 Å². The number of piperidine rings is 1. The predicted octanol–water partition coefficient (Wildman–Crippen LogP) is 2.13. The normalized spacial score (nSPS) is 19.2. The fourth-order valence-electron chi connectivity index (χ4n) is 3.22. The number of hydrogen-bond donors (Lipinski definition) is 2. The number of aliphatic hydroxyl groups is 1. The standard InChI is InChI=1S/C19H33N3O2/c1-15(16-9-11-22(4)12-10-16)20-17-5-7-19(8-6-17)24-14-18(23)13-21(2)3/h5-8,15-16,18,20,23H,9-14H2,1-4H3. The lowest BCUT2D eigenvalue weighted by Gasteiger charge is -2.33. The first-order chi connectivity index (χ1) is 11.4. The van der Waals surface area contributed by atoms with Gasteiger partial charge >= 0.3 is 0 Å². The molecule has 1 aliphatic heterocycles. The van der Waals surface area contributed by atoms with Crippen LogP contribution in [0.3, 0.4) is 0 Å². The van der Waals surface area contributed by atoms with Crippen LogP contribution < -0.4 is 10.1 Å². The first kappa shape index (κ1) is 19.0. The molecule has 0 aromatic heterocycles. The van der Waals surface area contributed by atoms with Gasteiger partial charge in [-0.15, -0.1) is 0 Å². The summed E-state index contributed by atoms with van der Waals surface area (Å²) in [6.45, 7) is 5.58. The smallest absolute Gasteiger partial charge is 0.119 e. The molecule has 0 spiro atoms. The number of nitrogens with zero attached hydrogens (tertiary/aromatic N) is 2. The number of hydrogen-bond acceptors (Lipinski definition) is 5. The Labute approximate surface area is 146 Å². The second-order valence-electron chi connectivity index (χ2n) is 7.33. The summed E-state index contributed by atoms with van der Waals surface area (Å²) in [6.07, 6.45) is 2.05. The average Bonchev–Trinajstić information content (AvgIpc) is 2.54. The molecule has 0 bridgehead atoms. The van der Waals surface area contributed by atoms with Crippen molar-refractivity contribution in [2.75, 3.05) is 52.7 Å². The highest BCUT2D eigenvalue weighted by atomic mass is 16.5. The topological polar surface area (TPSA) is 48.0 Å². The van der Waals surface area contributed by atoms with Gasteiger partial charge in [-0.05, 0) is 84.2 Å². The van der Waals surface area contributed by atoms with E-state index in [-0.39, 0.29) is 0 Å². The summed E-state index contributed by atoms with van der Waals surface area (Å²) in [5.41, 5.74) is 1.13. The number of aliphatic hydroxyl groups excluding tert-OH is 1. The molecule has 0 amide bonds. The van der Waals surface area contributed by atoms with Gasteiger partial charge in [0.2, 0.25) is 0 Å². The summed E-state index contributed by atoms with van der Waals surface area (Å²) in [7, 11) is 6.08. The zero-order valence-corrected chi connectivity index (χ0v) is 15.5. The van der Waals surface area contributed by atoms with Crippen LogP contribution in [0.1, 0.15) is 19.8 Å². The lowest BCUT2D eigenvalue weighted by Crippen LogP contribution is -2.37. The molecule has 5 nitrogen and oxygen atoms in total. The number of likely N-dealkylation sites (N-methyl/N-ethyl adjacent to an activating group) is 1. The first-order valence-electron chi connectivity index (χ1n) is 8.95. The molecule has 0 radical (unpaired) electrons. The van der Waals surface area contributed by atoms with Crippen LogP contribution in [-0.4, -0.2) is 74.4 Å². The van der Waals surface area contributed by atoms with E-state index in [2.05, 4.69) is 36.3 Å². The summed E-state index contributed by atoms with van der Waals surface area (Å²) >= 11 is 0. The van der Waals surface area contributed by atoms with E-state index >= 15 is 0 Å². The van der Waals surface area contributed by atoms with Crippen molar-refractivity contribution < 1.29 is 9.84 Å². The SMILES string of the molecule is CC(Nc1ccc(OCC(O)CN(C)C)cc1)C1CCN(C)CC1. The minimum atomic E-state index is -0.470. The Morgan fingerprint density at radius 2 is 1.88 bits per heavy atom. The number of nitrogens with one attached hydrogen (secondary N) is 1. The van der Waals surface area contributed by atoms with Crippen molar-refractivity contribution in [1.82, 2.24) is 9.80 Å². The minimum absolute atomic E-state index is 0.316. The highest BCUT2D eigenvalue weighted by Crippen LogP contribution is 2.23. The van der Waals surface area contributed by atoms with Gasteiger partial charge in [-0.25, -0.2) is 0 Å². The van der Waals surface area contributed by atoms with Gasteiger partial charge in [-0.2, -0.15) is 0 Å². The summed E-state index contributed by atoms with van der Waals surface area (Å²) in [6, 6.07) is 8.52. The number of rotatable bonds is 8. The second-order valence-corrected chi connectivity index (χ2v) is 7.33. The number of anilines is 1. The van der Waals surface area contributed by atoms with Crippen molar-refractivity contribution in [2.24, 2.45) is 5.92 Å². The van der Waals surface area contributed by atoms with Crippen LogP contribution >= 0.6 is 0 Å². The highest BCUT2D eigenvalue weighted by Gasteiger charge is 2.22. The van der Waals surface area contributed by atoms with Crippen LogP contribution in [0.2, 0.25) is 0 Å². The predicted molar refractivity (Wildman–Crippen MR) is 99.8 cm³/mol. The van der Waals surface area contributed by atoms with Gasteiger partial charge in [-0.1, -0.05) is 0 Å². The van der Waals surface area contributed by atoms with Gasteiger partial charge in [0.1, 0.15) is 18.5 Å². The Bertz CT molecular complexity index is 470. The third-order valence-corrected chi connectivity index (χ3v) is 4.74. The van der Waals surface area contributed by atoms with Crippen molar-refractivity contribution in [2.45, 2.75) is 31.9 Å². The molecule has 1 aliphatic rings. The van der Waals surface area contributed by atoms with E-state index in [0.29, 0.717) is 19.2 Å². The largest absolute Gasteiger partial charge is 0.491 e. The molecule has 2 rings (SSSR count). The van der Waals surface area contributed by atoms with Crippen LogP contribution in [0.25, 0.3) is 0 Å². The summed E-state index contributed by atoms with van der Waals surface area (Å²) in [4.78, 5) is 4.35. The van der Waals surface area contributed by atoms with E-state index in [4.69, 9.17) is 4.74 Å². The molecule has 2 N–H and O–H groups in total. The van der Waals surface area contributed by atoms with Crippen LogP contribution in [0, 0.1) is 5.92 Å². The summed E-state index contributed by atoms with van der Waals surface area (Å²) in [5, 5.41) is 13.4. The minimum Gasteiger partial charge on any atom is -0.491 e. The van der Waals surface area contributed by atoms with Gasteiger partial charge < -0.3 is 25.0 Å². The van der Waals surface area contributed by atoms with Crippen molar-refractivity contribution in [1.29, 1.82) is 0 Å². The van der Waals surface area contributed by atoms with Crippen molar-refractivity contribution in [3.05, 3.63) is 24.3 Å². The maximum Gasteiger partial charge on any atom is 0.119 e. The van der Waals surface area contributed by atoms with E-state index < -0.39 is 6.10 Å². The summed E-state index contributed by atoms with van der Waals surface area (Å²) in [5.74, 6) is 1.53. The molecule has 1 fully saturated rings. The van der Waals surface area contributed by atoms with E-state index in [1.807, 2.05) is 31.1 Å². The lowest BCUT2D eigenvalue weighted by molar-refractivity contribution is 0.0831. The first-order valence-corrected chi connectivity index (χ1v) is 8.95. The van der Waals surface area contributed by atoms with Crippen molar-refractivity contribution in [3.8, 4) is 5.75 Å². The molecular weight excluding hydrogens is 302 g/mol. The zero-order valence-electron chi connectivity index (χ0n) is 15.5. The highest BCUT2D eigenvalue weighted by molar-refractivity contribution is 5.47. The van der Waals surface area contributed by atoms with Crippen molar-refractivity contribution in [3.63, 3.8) is 0 Å². The number of benzene rings is 1. The third kappa shape index (κ3) is 6.30. The maximum atomic E-state index is 9.83.